The smallest absolute Gasteiger partial charge is 0.325 e. The quantitative estimate of drug-likeness (QED) is 0.115. The summed E-state index contributed by atoms with van der Waals surface area (Å²) in [4.78, 5) is 74.5. The van der Waals surface area contributed by atoms with E-state index < -0.39 is 53.8 Å². The number of nitrogens with zero attached hydrogens (tertiary/aromatic N) is 3. The molecule has 2 aromatic heterocycles. The van der Waals surface area contributed by atoms with Gasteiger partial charge in [-0.2, -0.15) is 0 Å². The lowest BCUT2D eigenvalue weighted by Crippen LogP contribution is -2.52. The molecule has 0 bridgehead atoms. The summed E-state index contributed by atoms with van der Waals surface area (Å²) in [5, 5.41) is 16.7. The summed E-state index contributed by atoms with van der Waals surface area (Å²) in [7, 11) is 0. The Bertz CT molecular complexity index is 1140. The first-order chi connectivity index (χ1) is 17.4. The Balaban J connectivity index is 2.29. The maximum absolute atomic E-state index is 13.0. The molecule has 0 fully saturated rings. The Kier molecular flexibility index (Phi) is 9.96. The lowest BCUT2D eigenvalue weighted by Gasteiger charge is -2.21. The molecule has 0 unspecified atom stereocenters. The summed E-state index contributed by atoms with van der Waals surface area (Å²) < 4.78 is 0. The van der Waals surface area contributed by atoms with E-state index in [1.54, 1.807) is 0 Å². The van der Waals surface area contributed by atoms with Crippen LogP contribution in [0.5, 0.6) is 0 Å². The van der Waals surface area contributed by atoms with Gasteiger partial charge in [0.1, 0.15) is 29.4 Å². The van der Waals surface area contributed by atoms with Crippen LogP contribution in [0.3, 0.4) is 0 Å². The number of rotatable bonds is 14. The fourth-order valence-corrected chi connectivity index (χ4v) is 3.02. The summed E-state index contributed by atoms with van der Waals surface area (Å²) in [6.45, 7) is 1.11. The predicted molar refractivity (Wildman–Crippen MR) is 127 cm³/mol. The molecule has 4 atom stereocenters. The first kappa shape index (κ1) is 28.6. The van der Waals surface area contributed by atoms with Gasteiger partial charge in [-0.15, -0.1) is 0 Å². The van der Waals surface area contributed by atoms with Gasteiger partial charge in [0, 0.05) is 37.3 Å². The van der Waals surface area contributed by atoms with Crippen LogP contribution in [-0.2, 0) is 25.6 Å². The second-order valence-corrected chi connectivity index (χ2v) is 8.05. The van der Waals surface area contributed by atoms with Crippen molar-refractivity contribution in [2.75, 3.05) is 12.3 Å². The number of H-pyrrole nitrogens is 1. The molecule has 0 saturated heterocycles. The number of nitrogens with one attached hydrogen (secondary N) is 4. The molecule has 37 heavy (non-hydrogen) atoms. The molecule has 4 amide bonds. The molecule has 13 N–H and O–H groups in total. The Morgan fingerprint density at radius 1 is 1.14 bits per heavy atom. The zero-order valence-electron chi connectivity index (χ0n) is 19.8. The van der Waals surface area contributed by atoms with E-state index in [0.29, 0.717) is 5.69 Å². The average molecular weight is 520 g/mol. The van der Waals surface area contributed by atoms with Crippen LogP contribution < -0.4 is 38.9 Å². The number of hydrogen-bond donors (Lipinski definition) is 9. The molecular formula is C20H29N11O6. The first-order valence-corrected chi connectivity index (χ1v) is 10.9. The monoisotopic (exact) mass is 519 g/mol. The van der Waals surface area contributed by atoms with Gasteiger partial charge in [-0.05, 0) is 6.92 Å². The molecule has 17 nitrogen and oxygen atoms in total. The molecule has 200 valence electrons. The molecule has 2 rings (SSSR count). The van der Waals surface area contributed by atoms with Gasteiger partial charge >= 0.3 is 5.97 Å². The normalized spacial score (nSPS) is 14.1. The van der Waals surface area contributed by atoms with E-state index in [1.807, 2.05) is 0 Å². The zero-order chi connectivity index (χ0) is 27.7. The zero-order valence-corrected chi connectivity index (χ0v) is 19.8. The molecule has 0 aliphatic heterocycles. The minimum Gasteiger partial charge on any atom is -0.480 e. The fraction of sp³-hybridized carbons (Fsp3) is 0.400. The third kappa shape index (κ3) is 8.82. The molecule has 2 aromatic rings. The van der Waals surface area contributed by atoms with Gasteiger partial charge in [-0.25, -0.2) is 15.0 Å². The predicted octanol–water partition coefficient (Wildman–Crippen LogP) is -3.97. The van der Waals surface area contributed by atoms with Gasteiger partial charge in [-0.1, -0.05) is 0 Å². The average Bonchev–Trinajstić information content (AvgIpc) is 3.33. The van der Waals surface area contributed by atoms with Gasteiger partial charge in [0.15, 0.2) is 0 Å². The molecule has 0 saturated carbocycles. The van der Waals surface area contributed by atoms with Crippen LogP contribution in [0.2, 0.25) is 0 Å². The maximum Gasteiger partial charge on any atom is 0.325 e. The van der Waals surface area contributed by atoms with E-state index in [1.165, 1.54) is 19.4 Å². The number of nitrogen functional groups attached to an aromatic ring is 1. The van der Waals surface area contributed by atoms with Crippen LogP contribution in [0.1, 0.15) is 41.4 Å². The van der Waals surface area contributed by atoms with Crippen molar-refractivity contribution in [3.63, 3.8) is 0 Å². The van der Waals surface area contributed by atoms with Crippen LogP contribution in [0.15, 0.2) is 18.6 Å². The van der Waals surface area contributed by atoms with Gasteiger partial charge in [0.05, 0.1) is 18.4 Å². The van der Waals surface area contributed by atoms with Crippen LogP contribution in [0.25, 0.3) is 0 Å². The second-order valence-electron chi connectivity index (χ2n) is 8.05. The van der Waals surface area contributed by atoms with E-state index >= 15 is 0 Å². The Hall–Kier alpha value is -4.64. The number of aromatic amines is 1. The number of amides is 4. The largest absolute Gasteiger partial charge is 0.480 e. The Morgan fingerprint density at radius 3 is 2.41 bits per heavy atom. The molecule has 2 heterocycles. The molecule has 0 radical (unpaired) electrons. The SMILES string of the molecule is C[C@H](NC(=O)[C@H](Cc1cnc[nH]1)NC(=O)c1cc(N)nc([C@H](CC(N)=O)NC[C@H](N)C(N)=O)n1)C(=O)O. The van der Waals surface area contributed by atoms with Crippen LogP contribution in [-0.4, -0.2) is 79.3 Å². The Morgan fingerprint density at radius 2 is 1.84 bits per heavy atom. The second kappa shape index (κ2) is 12.9. The van der Waals surface area contributed by atoms with E-state index in [4.69, 9.17) is 28.0 Å². The lowest BCUT2D eigenvalue weighted by molar-refractivity contribution is -0.141. The van der Waals surface area contributed by atoms with Crippen molar-refractivity contribution in [2.45, 2.75) is 43.9 Å². The number of aliphatic carboxylic acids is 1. The summed E-state index contributed by atoms with van der Waals surface area (Å²) in [6.07, 6.45) is 2.44. The highest BCUT2D eigenvalue weighted by Crippen LogP contribution is 2.15. The van der Waals surface area contributed by atoms with E-state index in [9.17, 15) is 24.0 Å². The van der Waals surface area contributed by atoms with Crippen LogP contribution in [0, 0.1) is 0 Å². The van der Waals surface area contributed by atoms with Crippen molar-refractivity contribution in [2.24, 2.45) is 17.2 Å². The standard InChI is InChI=1S/C20H29N11O6/c1-8(20(36)37)28-18(34)12(2-9-5-25-7-27-9)30-19(35)13-3-14(22)31-17(29-13)11(4-15(23)32)26-6-10(21)16(24)33/h3,5,7-8,10-12,26H,2,4,6,21H2,1H3,(H2,23,32)(H2,24,33)(H,25,27)(H,28,34)(H,30,35)(H,36,37)(H2,22,29,31)/t8-,10-,11-,12-/m0/s1. The van der Waals surface area contributed by atoms with Gasteiger partial charge in [0.25, 0.3) is 5.91 Å². The summed E-state index contributed by atoms with van der Waals surface area (Å²) in [5.74, 6) is -4.66. The molecule has 0 aliphatic rings. The molecule has 17 heteroatoms. The number of imidazole rings is 1. The van der Waals surface area contributed by atoms with Crippen molar-refractivity contribution in [1.82, 2.24) is 35.9 Å². The number of carboxylic acid groups (broad SMARTS) is 1. The number of nitrogens with two attached hydrogens (primary N) is 4. The number of anilines is 1. The van der Waals surface area contributed by atoms with Crippen molar-refractivity contribution in [1.29, 1.82) is 0 Å². The van der Waals surface area contributed by atoms with E-state index in [-0.39, 0.29) is 36.7 Å². The number of primary amides is 2. The van der Waals surface area contributed by atoms with Crippen molar-refractivity contribution in [3.8, 4) is 0 Å². The molecule has 0 aromatic carbocycles. The fourth-order valence-electron chi connectivity index (χ4n) is 3.02. The summed E-state index contributed by atoms with van der Waals surface area (Å²) >= 11 is 0. The highest BCUT2D eigenvalue weighted by Gasteiger charge is 2.27. The van der Waals surface area contributed by atoms with E-state index in [2.05, 4.69) is 35.9 Å². The number of carboxylic acids is 1. The van der Waals surface area contributed by atoms with E-state index in [0.717, 1.165) is 6.07 Å². The van der Waals surface area contributed by atoms with Crippen molar-refractivity contribution in [3.05, 3.63) is 35.8 Å². The number of carbonyl (C=O) groups is 5. The third-order valence-corrected chi connectivity index (χ3v) is 4.99. The van der Waals surface area contributed by atoms with Gasteiger partial charge in [-0.3, -0.25) is 24.0 Å². The third-order valence-electron chi connectivity index (χ3n) is 4.99. The highest BCUT2D eigenvalue weighted by molar-refractivity contribution is 5.97. The van der Waals surface area contributed by atoms with Crippen LogP contribution >= 0.6 is 0 Å². The topological polar surface area (TPSA) is 300 Å². The summed E-state index contributed by atoms with van der Waals surface area (Å²) in [5.41, 5.74) is 22.1. The van der Waals surface area contributed by atoms with Crippen molar-refractivity contribution >= 4 is 35.4 Å². The molecule has 0 aliphatic carbocycles. The van der Waals surface area contributed by atoms with Gasteiger partial charge in [0.2, 0.25) is 17.7 Å². The summed E-state index contributed by atoms with van der Waals surface area (Å²) in [6, 6.07) is -3.36. The highest BCUT2D eigenvalue weighted by atomic mass is 16.4. The minimum atomic E-state index is -1.27. The van der Waals surface area contributed by atoms with Gasteiger partial charge < -0.3 is 49.0 Å². The molecule has 0 spiro atoms. The number of aromatic nitrogens is 4. The lowest BCUT2D eigenvalue weighted by atomic mass is 10.1. The van der Waals surface area contributed by atoms with Crippen molar-refractivity contribution < 1.29 is 29.1 Å². The number of carbonyl (C=O) groups excluding carboxylic acids is 4. The Labute approximate surface area is 210 Å². The minimum absolute atomic E-state index is 0.0474. The first-order valence-electron chi connectivity index (χ1n) is 10.9. The van der Waals surface area contributed by atoms with Crippen LogP contribution in [0.4, 0.5) is 5.82 Å². The number of hydrogen-bond acceptors (Lipinski definition) is 11. The maximum atomic E-state index is 13.0. The molecular weight excluding hydrogens is 490 g/mol.